The molecule has 0 radical (unpaired) electrons. The zero-order valence-corrected chi connectivity index (χ0v) is 14.3. The minimum absolute atomic E-state index is 0.0925. The van der Waals surface area contributed by atoms with Crippen LogP contribution >= 0.6 is 50.6 Å². The fraction of sp³-hybridized carbons (Fsp3) is 0.333. The zero-order valence-electron chi connectivity index (χ0n) is 10.4. The Balaban J connectivity index is 1.76. The van der Waals surface area contributed by atoms with Crippen LogP contribution in [0, 0.1) is 0 Å². The van der Waals surface area contributed by atoms with Gasteiger partial charge in [-0.25, -0.2) is 0 Å². The predicted octanol–water partition coefficient (Wildman–Crippen LogP) is 5.82. The van der Waals surface area contributed by atoms with Crippen molar-refractivity contribution in [3.05, 3.63) is 55.7 Å². The summed E-state index contributed by atoms with van der Waals surface area (Å²) in [4.78, 5) is 2.88. The maximum Gasteiger partial charge on any atom is 0.0719 e. The fourth-order valence-electron chi connectivity index (χ4n) is 2.30. The Kier molecular flexibility index (Phi) is 4.58. The molecule has 0 fully saturated rings. The van der Waals surface area contributed by atoms with Gasteiger partial charge in [-0.1, -0.05) is 28.1 Å². The van der Waals surface area contributed by atoms with E-state index in [-0.39, 0.29) is 5.38 Å². The van der Waals surface area contributed by atoms with Crippen LogP contribution in [0.1, 0.15) is 26.3 Å². The molecule has 100 valence electrons. The van der Waals surface area contributed by atoms with E-state index in [0.717, 1.165) is 16.6 Å². The highest BCUT2D eigenvalue weighted by Crippen LogP contribution is 2.37. The first-order chi connectivity index (χ1) is 9.22. The minimum Gasteiger partial charge on any atom is -0.157 e. The summed E-state index contributed by atoms with van der Waals surface area (Å²) in [6, 6.07) is 10.7. The molecule has 2 heterocycles. The van der Waals surface area contributed by atoms with E-state index >= 15 is 0 Å². The van der Waals surface area contributed by atoms with Crippen molar-refractivity contribution in [2.75, 3.05) is 5.75 Å². The van der Waals surface area contributed by atoms with Crippen molar-refractivity contribution in [1.29, 1.82) is 0 Å². The fourth-order valence-corrected chi connectivity index (χ4v) is 5.47. The number of fused-ring (bicyclic) bond motifs is 1. The Hall–Kier alpha value is 0.0400. The molecule has 1 aliphatic heterocycles. The van der Waals surface area contributed by atoms with Crippen LogP contribution in [0.2, 0.25) is 0 Å². The summed E-state index contributed by atoms with van der Waals surface area (Å²) in [5, 5.41) is 0.0925. The van der Waals surface area contributed by atoms with Gasteiger partial charge in [0.05, 0.1) is 5.38 Å². The summed E-state index contributed by atoms with van der Waals surface area (Å²) in [5.74, 6) is 2.41. The molecule has 19 heavy (non-hydrogen) atoms. The van der Waals surface area contributed by atoms with Gasteiger partial charge in [0.25, 0.3) is 0 Å². The summed E-state index contributed by atoms with van der Waals surface area (Å²) in [7, 11) is 0. The molecule has 1 atom stereocenters. The maximum absolute atomic E-state index is 6.60. The molecule has 0 saturated carbocycles. The lowest BCUT2D eigenvalue weighted by atomic mass is 10.1. The second kappa shape index (κ2) is 6.21. The summed E-state index contributed by atoms with van der Waals surface area (Å²) in [5.41, 5.74) is 2.80. The Labute approximate surface area is 135 Å². The van der Waals surface area contributed by atoms with Crippen LogP contribution in [0.4, 0.5) is 0 Å². The van der Waals surface area contributed by atoms with E-state index in [1.807, 2.05) is 29.2 Å². The average Bonchev–Trinajstić information content (AvgIpc) is 2.82. The molecule has 0 aliphatic carbocycles. The molecule has 1 aromatic carbocycles. The molecule has 3 rings (SSSR count). The molecule has 0 amide bonds. The maximum atomic E-state index is 6.60. The number of hydrogen-bond donors (Lipinski definition) is 0. The lowest BCUT2D eigenvalue weighted by Gasteiger charge is -2.08. The zero-order chi connectivity index (χ0) is 13.2. The standard InChI is InChI=1S/C15H14BrClS2/c16-12-3-1-2-10(6-12)7-13(17)15-8-11-9-18-5-4-14(11)19-15/h1-3,6,8,13H,4-5,7,9H2. The molecular formula is C15H14BrClS2. The quantitative estimate of drug-likeness (QED) is 0.611. The van der Waals surface area contributed by atoms with E-state index in [2.05, 4.69) is 40.2 Å². The lowest BCUT2D eigenvalue weighted by Crippen LogP contribution is -1.96. The van der Waals surface area contributed by atoms with Crippen molar-refractivity contribution < 1.29 is 0 Å². The number of benzene rings is 1. The topological polar surface area (TPSA) is 0 Å². The molecule has 1 aliphatic rings. The van der Waals surface area contributed by atoms with E-state index in [0.29, 0.717) is 0 Å². The van der Waals surface area contributed by atoms with Gasteiger partial charge in [-0.05, 0) is 47.9 Å². The number of rotatable bonds is 3. The molecule has 0 bridgehead atoms. The first-order valence-corrected chi connectivity index (χ1v) is 9.50. The second-order valence-corrected chi connectivity index (χ2v) is 8.42. The van der Waals surface area contributed by atoms with Crippen LogP contribution in [0.25, 0.3) is 0 Å². The normalized spacial score (nSPS) is 16.1. The Morgan fingerprint density at radius 2 is 2.21 bits per heavy atom. The third-order valence-electron chi connectivity index (χ3n) is 3.26. The summed E-state index contributed by atoms with van der Waals surface area (Å²) >= 11 is 14.0. The van der Waals surface area contributed by atoms with Gasteiger partial charge < -0.3 is 0 Å². The SMILES string of the molecule is ClC(Cc1cccc(Br)c1)c1cc2c(s1)CCSC2. The van der Waals surface area contributed by atoms with Gasteiger partial charge in [0, 0.05) is 20.0 Å². The lowest BCUT2D eigenvalue weighted by molar-refractivity contribution is 0.938. The van der Waals surface area contributed by atoms with E-state index in [1.165, 1.54) is 28.2 Å². The van der Waals surface area contributed by atoms with Crippen LogP contribution in [-0.4, -0.2) is 5.75 Å². The molecular weight excluding hydrogens is 360 g/mol. The minimum atomic E-state index is 0.0925. The van der Waals surface area contributed by atoms with Crippen molar-refractivity contribution in [2.24, 2.45) is 0 Å². The number of aryl methyl sites for hydroxylation is 1. The first kappa shape index (κ1) is 14.0. The van der Waals surface area contributed by atoms with Gasteiger partial charge in [0.1, 0.15) is 0 Å². The van der Waals surface area contributed by atoms with E-state index in [4.69, 9.17) is 11.6 Å². The molecule has 0 saturated heterocycles. The number of hydrogen-bond acceptors (Lipinski definition) is 2. The monoisotopic (exact) mass is 372 g/mol. The molecule has 0 spiro atoms. The molecule has 1 unspecified atom stereocenters. The molecule has 0 nitrogen and oxygen atoms in total. The average molecular weight is 374 g/mol. The van der Waals surface area contributed by atoms with Crippen molar-refractivity contribution in [1.82, 2.24) is 0 Å². The van der Waals surface area contributed by atoms with Gasteiger partial charge in [0.15, 0.2) is 0 Å². The molecule has 1 aromatic heterocycles. The number of thiophene rings is 1. The van der Waals surface area contributed by atoms with Crippen molar-refractivity contribution >= 4 is 50.6 Å². The largest absolute Gasteiger partial charge is 0.157 e. The smallest absolute Gasteiger partial charge is 0.0719 e. The van der Waals surface area contributed by atoms with Crippen LogP contribution in [0.5, 0.6) is 0 Å². The molecule has 4 heteroatoms. The Morgan fingerprint density at radius 3 is 3.00 bits per heavy atom. The number of alkyl halides is 1. The number of halogens is 2. The van der Waals surface area contributed by atoms with Crippen molar-refractivity contribution in [3.8, 4) is 0 Å². The highest BCUT2D eigenvalue weighted by molar-refractivity contribution is 9.10. The summed E-state index contributed by atoms with van der Waals surface area (Å²) in [6.07, 6.45) is 2.11. The summed E-state index contributed by atoms with van der Waals surface area (Å²) in [6.45, 7) is 0. The van der Waals surface area contributed by atoms with Crippen LogP contribution in [0.3, 0.4) is 0 Å². The Morgan fingerprint density at radius 1 is 1.32 bits per heavy atom. The molecule has 2 aromatic rings. The van der Waals surface area contributed by atoms with Gasteiger partial charge in [-0.2, -0.15) is 11.8 Å². The highest BCUT2D eigenvalue weighted by Gasteiger charge is 2.18. The highest BCUT2D eigenvalue weighted by atomic mass is 79.9. The first-order valence-electron chi connectivity index (χ1n) is 6.30. The van der Waals surface area contributed by atoms with Gasteiger partial charge in [-0.15, -0.1) is 22.9 Å². The van der Waals surface area contributed by atoms with Crippen molar-refractivity contribution in [3.63, 3.8) is 0 Å². The third-order valence-corrected chi connectivity index (χ3v) is 6.63. The second-order valence-electron chi connectivity index (χ2n) is 4.70. The summed E-state index contributed by atoms with van der Waals surface area (Å²) < 4.78 is 1.12. The van der Waals surface area contributed by atoms with Gasteiger partial charge in [-0.3, -0.25) is 0 Å². The van der Waals surface area contributed by atoms with E-state index < -0.39 is 0 Å². The van der Waals surface area contributed by atoms with Crippen LogP contribution in [-0.2, 0) is 18.6 Å². The number of thioether (sulfide) groups is 1. The van der Waals surface area contributed by atoms with Gasteiger partial charge in [0.2, 0.25) is 0 Å². The van der Waals surface area contributed by atoms with E-state index in [1.54, 1.807) is 4.88 Å². The van der Waals surface area contributed by atoms with E-state index in [9.17, 15) is 0 Å². The Bertz CT molecular complexity index is 556. The molecule has 0 N–H and O–H groups in total. The third kappa shape index (κ3) is 3.38. The van der Waals surface area contributed by atoms with Gasteiger partial charge >= 0.3 is 0 Å². The van der Waals surface area contributed by atoms with Crippen LogP contribution in [0.15, 0.2) is 34.8 Å². The van der Waals surface area contributed by atoms with Crippen LogP contribution < -0.4 is 0 Å². The van der Waals surface area contributed by atoms with Crippen molar-refractivity contribution in [2.45, 2.75) is 24.0 Å². The predicted molar refractivity (Wildman–Crippen MR) is 90.6 cm³/mol.